The van der Waals surface area contributed by atoms with E-state index in [9.17, 15) is 4.79 Å². The van der Waals surface area contributed by atoms with E-state index in [1.807, 2.05) is 40.7 Å². The Balaban J connectivity index is 2.02. The number of thioether (sulfide) groups is 2. The molecule has 0 unspecified atom stereocenters. The van der Waals surface area contributed by atoms with E-state index < -0.39 is 0 Å². The highest BCUT2D eigenvalue weighted by atomic mass is 32.2. The minimum Gasteiger partial charge on any atom is -0.496 e. The molecule has 6 heteroatoms. The van der Waals surface area contributed by atoms with E-state index >= 15 is 0 Å². The highest BCUT2D eigenvalue weighted by molar-refractivity contribution is 8.03. The molecule has 98 valence electrons. The Hall–Kier alpha value is -0.850. The fourth-order valence-electron chi connectivity index (χ4n) is 1.61. The van der Waals surface area contributed by atoms with Crippen molar-refractivity contribution in [2.24, 2.45) is 0 Å². The number of hydrazine groups is 1. The summed E-state index contributed by atoms with van der Waals surface area (Å²) in [6.07, 6.45) is 0. The van der Waals surface area contributed by atoms with Gasteiger partial charge in [-0.15, -0.1) is 23.5 Å². The summed E-state index contributed by atoms with van der Waals surface area (Å²) < 4.78 is 5.19. The van der Waals surface area contributed by atoms with E-state index in [0.717, 1.165) is 23.3 Å². The zero-order valence-corrected chi connectivity index (χ0v) is 11.9. The highest BCUT2D eigenvalue weighted by Gasteiger charge is 2.16. The van der Waals surface area contributed by atoms with Crippen molar-refractivity contribution in [3.63, 3.8) is 0 Å². The molecule has 1 fully saturated rings. The number of methoxy groups -OCH3 is 1. The standard InChI is InChI=1S/C12H16N2O2S2/c1-16-11-5-3-2-4-10(11)12(15)13-14-8-17-6-7-18-9-14/h2-5H,6-9H2,1H3,(H,13,15). The van der Waals surface area contributed by atoms with Crippen LogP contribution in [0, 0.1) is 0 Å². The first-order valence-electron chi connectivity index (χ1n) is 5.65. The van der Waals surface area contributed by atoms with E-state index in [1.54, 1.807) is 19.2 Å². The van der Waals surface area contributed by atoms with Gasteiger partial charge in [-0.25, -0.2) is 5.01 Å². The zero-order valence-electron chi connectivity index (χ0n) is 10.2. The average Bonchev–Trinajstić information content (AvgIpc) is 2.67. The summed E-state index contributed by atoms with van der Waals surface area (Å²) in [6.45, 7) is 0. The smallest absolute Gasteiger partial charge is 0.269 e. The van der Waals surface area contributed by atoms with Crippen LogP contribution in [0.25, 0.3) is 0 Å². The van der Waals surface area contributed by atoms with Gasteiger partial charge in [0, 0.05) is 11.5 Å². The van der Waals surface area contributed by atoms with Crippen molar-refractivity contribution in [2.45, 2.75) is 0 Å². The fourth-order valence-corrected chi connectivity index (χ4v) is 3.67. The Morgan fingerprint density at radius 2 is 1.94 bits per heavy atom. The number of nitrogens with zero attached hydrogens (tertiary/aromatic N) is 1. The lowest BCUT2D eigenvalue weighted by molar-refractivity contribution is 0.0841. The lowest BCUT2D eigenvalue weighted by atomic mass is 10.2. The summed E-state index contributed by atoms with van der Waals surface area (Å²) in [6, 6.07) is 7.25. The number of nitrogens with one attached hydrogen (secondary N) is 1. The average molecular weight is 284 g/mol. The summed E-state index contributed by atoms with van der Waals surface area (Å²) >= 11 is 3.66. The summed E-state index contributed by atoms with van der Waals surface area (Å²) in [5.74, 6) is 4.40. The summed E-state index contributed by atoms with van der Waals surface area (Å²) in [4.78, 5) is 12.2. The number of rotatable bonds is 3. The van der Waals surface area contributed by atoms with Crippen LogP contribution in [0.2, 0.25) is 0 Å². The molecule has 0 saturated carbocycles. The second-order valence-corrected chi connectivity index (χ2v) is 5.91. The van der Waals surface area contributed by atoms with Gasteiger partial charge in [-0.3, -0.25) is 10.2 Å². The molecule has 0 aliphatic carbocycles. The van der Waals surface area contributed by atoms with Crippen molar-refractivity contribution >= 4 is 29.4 Å². The molecule has 1 amide bonds. The summed E-state index contributed by atoms with van der Waals surface area (Å²) in [7, 11) is 1.57. The second kappa shape index (κ2) is 6.92. The molecule has 1 aromatic rings. The van der Waals surface area contributed by atoms with E-state index in [-0.39, 0.29) is 5.91 Å². The third kappa shape index (κ3) is 3.57. The minimum absolute atomic E-state index is 0.115. The molecule has 0 atom stereocenters. The van der Waals surface area contributed by atoms with Crippen LogP contribution in [0.1, 0.15) is 10.4 Å². The van der Waals surface area contributed by atoms with Gasteiger partial charge >= 0.3 is 0 Å². The SMILES string of the molecule is COc1ccccc1C(=O)NN1CSCCSC1. The van der Waals surface area contributed by atoms with Crippen molar-refractivity contribution in [1.82, 2.24) is 10.4 Å². The maximum atomic E-state index is 12.2. The number of para-hydroxylation sites is 1. The van der Waals surface area contributed by atoms with Gasteiger partial charge in [0.2, 0.25) is 0 Å². The summed E-state index contributed by atoms with van der Waals surface area (Å²) in [5, 5.41) is 1.94. The number of ether oxygens (including phenoxy) is 1. The van der Waals surface area contributed by atoms with Crippen LogP contribution in [0.4, 0.5) is 0 Å². The third-order valence-corrected chi connectivity index (χ3v) is 4.71. The quantitative estimate of drug-likeness (QED) is 0.920. The van der Waals surface area contributed by atoms with Gasteiger partial charge < -0.3 is 4.74 Å². The van der Waals surface area contributed by atoms with E-state index in [1.165, 1.54) is 0 Å². The lowest BCUT2D eigenvalue weighted by Crippen LogP contribution is -2.41. The predicted molar refractivity (Wildman–Crippen MR) is 76.9 cm³/mol. The molecule has 1 aliphatic rings. The zero-order chi connectivity index (χ0) is 12.8. The van der Waals surface area contributed by atoms with Crippen molar-refractivity contribution in [1.29, 1.82) is 0 Å². The van der Waals surface area contributed by atoms with Gasteiger partial charge in [-0.2, -0.15) is 0 Å². The lowest BCUT2D eigenvalue weighted by Gasteiger charge is -2.20. The first-order chi connectivity index (χ1) is 8.81. The van der Waals surface area contributed by atoms with Crippen molar-refractivity contribution < 1.29 is 9.53 Å². The van der Waals surface area contributed by atoms with Crippen LogP contribution in [-0.2, 0) is 0 Å². The van der Waals surface area contributed by atoms with E-state index in [0.29, 0.717) is 11.3 Å². The molecular weight excluding hydrogens is 268 g/mol. The molecular formula is C12H16N2O2S2. The number of hydrogen-bond acceptors (Lipinski definition) is 5. The highest BCUT2D eigenvalue weighted by Crippen LogP contribution is 2.19. The Morgan fingerprint density at radius 1 is 1.28 bits per heavy atom. The van der Waals surface area contributed by atoms with Crippen molar-refractivity contribution in [3.05, 3.63) is 29.8 Å². The van der Waals surface area contributed by atoms with Crippen LogP contribution in [0.15, 0.2) is 24.3 Å². The molecule has 0 bridgehead atoms. The van der Waals surface area contributed by atoms with Gasteiger partial charge in [-0.1, -0.05) is 12.1 Å². The van der Waals surface area contributed by atoms with Gasteiger partial charge in [-0.05, 0) is 12.1 Å². The number of carbonyl (C=O) groups excluding carboxylic acids is 1. The topological polar surface area (TPSA) is 41.6 Å². The van der Waals surface area contributed by atoms with Crippen LogP contribution in [-0.4, -0.2) is 41.3 Å². The first kappa shape index (κ1) is 13.6. The van der Waals surface area contributed by atoms with Crippen molar-refractivity contribution in [3.8, 4) is 5.75 Å². The van der Waals surface area contributed by atoms with Gasteiger partial charge in [0.15, 0.2) is 0 Å². The van der Waals surface area contributed by atoms with Crippen LogP contribution in [0.5, 0.6) is 5.75 Å². The van der Waals surface area contributed by atoms with Gasteiger partial charge in [0.05, 0.1) is 24.4 Å². The Kier molecular flexibility index (Phi) is 5.22. The molecule has 2 rings (SSSR count). The first-order valence-corrected chi connectivity index (χ1v) is 7.96. The molecule has 18 heavy (non-hydrogen) atoms. The minimum atomic E-state index is -0.115. The van der Waals surface area contributed by atoms with E-state index in [2.05, 4.69) is 5.43 Å². The Morgan fingerprint density at radius 3 is 2.61 bits per heavy atom. The largest absolute Gasteiger partial charge is 0.496 e. The summed E-state index contributed by atoms with van der Waals surface area (Å²) in [5.41, 5.74) is 3.49. The molecule has 1 aromatic carbocycles. The van der Waals surface area contributed by atoms with Crippen LogP contribution >= 0.6 is 23.5 Å². The number of benzene rings is 1. The molecule has 1 saturated heterocycles. The molecule has 0 radical (unpaired) electrons. The molecule has 1 heterocycles. The van der Waals surface area contributed by atoms with Gasteiger partial charge in [0.25, 0.3) is 5.91 Å². The molecule has 1 aliphatic heterocycles. The fraction of sp³-hybridized carbons (Fsp3) is 0.417. The van der Waals surface area contributed by atoms with E-state index in [4.69, 9.17) is 4.74 Å². The Labute approximate surface area is 115 Å². The van der Waals surface area contributed by atoms with Crippen LogP contribution < -0.4 is 10.2 Å². The number of carbonyl (C=O) groups is 1. The van der Waals surface area contributed by atoms with Crippen molar-refractivity contribution in [2.75, 3.05) is 30.4 Å². The maximum Gasteiger partial charge on any atom is 0.269 e. The Bertz CT molecular complexity index is 407. The predicted octanol–water partition coefficient (Wildman–Crippen LogP) is 2.04. The molecule has 0 aromatic heterocycles. The maximum absolute atomic E-state index is 12.2. The third-order valence-electron chi connectivity index (χ3n) is 2.48. The molecule has 0 spiro atoms. The monoisotopic (exact) mass is 284 g/mol. The number of hydrogen-bond donors (Lipinski definition) is 1. The molecule has 4 nitrogen and oxygen atoms in total. The number of amides is 1. The van der Waals surface area contributed by atoms with Gasteiger partial charge in [0.1, 0.15) is 5.75 Å². The normalized spacial score (nSPS) is 16.9. The second-order valence-electron chi connectivity index (χ2n) is 3.76. The van der Waals surface area contributed by atoms with Crippen LogP contribution in [0.3, 0.4) is 0 Å². The molecule has 1 N–H and O–H groups in total.